The first kappa shape index (κ1) is 15.8. The summed E-state index contributed by atoms with van der Waals surface area (Å²) >= 11 is 0. The van der Waals surface area contributed by atoms with Crippen LogP contribution in [0.15, 0.2) is 30.9 Å². The number of aryl methyl sites for hydroxylation is 1. The topological polar surface area (TPSA) is 84.5 Å². The predicted octanol–water partition coefficient (Wildman–Crippen LogP) is 1.60. The van der Waals surface area contributed by atoms with Crippen molar-refractivity contribution in [2.24, 2.45) is 0 Å². The molecule has 0 fully saturated rings. The van der Waals surface area contributed by atoms with Crippen LogP contribution in [0.5, 0.6) is 5.75 Å². The SMILES string of the molecule is C=CCNC(=O)NC(=O)COc1ccc2c(c1)CCCC2=O. The molecule has 2 rings (SSSR count). The summed E-state index contributed by atoms with van der Waals surface area (Å²) in [7, 11) is 0. The van der Waals surface area contributed by atoms with Gasteiger partial charge in [0, 0.05) is 18.5 Å². The Bertz CT molecular complexity index is 610. The number of carbonyl (C=O) groups is 3. The van der Waals surface area contributed by atoms with E-state index in [9.17, 15) is 14.4 Å². The summed E-state index contributed by atoms with van der Waals surface area (Å²) in [6, 6.07) is 4.57. The molecular weight excluding hydrogens is 284 g/mol. The summed E-state index contributed by atoms with van der Waals surface area (Å²) in [5.41, 5.74) is 1.67. The van der Waals surface area contributed by atoms with Crippen molar-refractivity contribution in [2.75, 3.05) is 13.2 Å². The molecule has 6 nitrogen and oxygen atoms in total. The molecule has 6 heteroatoms. The van der Waals surface area contributed by atoms with Crippen LogP contribution < -0.4 is 15.4 Å². The number of urea groups is 1. The van der Waals surface area contributed by atoms with Crippen molar-refractivity contribution < 1.29 is 19.1 Å². The summed E-state index contributed by atoms with van der Waals surface area (Å²) in [5.74, 6) is 0.106. The van der Waals surface area contributed by atoms with E-state index in [4.69, 9.17) is 4.74 Å². The van der Waals surface area contributed by atoms with E-state index in [2.05, 4.69) is 17.2 Å². The second kappa shape index (κ2) is 7.40. The number of nitrogens with one attached hydrogen (secondary N) is 2. The number of fused-ring (bicyclic) bond motifs is 1. The van der Waals surface area contributed by atoms with Gasteiger partial charge >= 0.3 is 6.03 Å². The number of benzene rings is 1. The van der Waals surface area contributed by atoms with Gasteiger partial charge < -0.3 is 10.1 Å². The molecular formula is C16H18N2O4. The van der Waals surface area contributed by atoms with Gasteiger partial charge in [0.1, 0.15) is 5.75 Å². The standard InChI is InChI=1S/C16H18N2O4/c1-2-8-17-16(21)18-15(20)10-22-12-6-7-13-11(9-12)4-3-5-14(13)19/h2,6-7,9H,1,3-5,8,10H2,(H2,17,18,20,21). The fourth-order valence-corrected chi connectivity index (χ4v) is 2.23. The molecule has 1 aromatic carbocycles. The third-order valence-corrected chi connectivity index (χ3v) is 3.26. The molecule has 0 bridgehead atoms. The number of imide groups is 1. The van der Waals surface area contributed by atoms with Crippen molar-refractivity contribution in [1.82, 2.24) is 10.6 Å². The van der Waals surface area contributed by atoms with E-state index in [1.165, 1.54) is 6.08 Å². The highest BCUT2D eigenvalue weighted by atomic mass is 16.5. The lowest BCUT2D eigenvalue weighted by atomic mass is 9.91. The number of ketones is 1. The lowest BCUT2D eigenvalue weighted by molar-refractivity contribution is -0.122. The van der Waals surface area contributed by atoms with E-state index in [0.29, 0.717) is 12.2 Å². The Morgan fingerprint density at radius 1 is 1.32 bits per heavy atom. The Hall–Kier alpha value is -2.63. The van der Waals surface area contributed by atoms with Gasteiger partial charge in [-0.15, -0.1) is 6.58 Å². The lowest BCUT2D eigenvalue weighted by Gasteiger charge is -2.15. The highest BCUT2D eigenvalue weighted by Crippen LogP contribution is 2.25. The van der Waals surface area contributed by atoms with Crippen molar-refractivity contribution in [3.63, 3.8) is 0 Å². The maximum Gasteiger partial charge on any atom is 0.321 e. The second-order valence-corrected chi connectivity index (χ2v) is 4.93. The largest absolute Gasteiger partial charge is 0.484 e. The van der Waals surface area contributed by atoms with Gasteiger partial charge in [-0.05, 0) is 36.6 Å². The van der Waals surface area contributed by atoms with Gasteiger partial charge in [0.15, 0.2) is 12.4 Å². The van der Waals surface area contributed by atoms with E-state index < -0.39 is 11.9 Å². The Morgan fingerprint density at radius 3 is 2.91 bits per heavy atom. The van der Waals surface area contributed by atoms with Gasteiger partial charge in [-0.3, -0.25) is 14.9 Å². The first-order chi connectivity index (χ1) is 10.6. The number of amides is 3. The third-order valence-electron chi connectivity index (χ3n) is 3.26. The highest BCUT2D eigenvalue weighted by Gasteiger charge is 2.17. The average molecular weight is 302 g/mol. The minimum absolute atomic E-state index is 0.143. The van der Waals surface area contributed by atoms with Gasteiger partial charge in [0.25, 0.3) is 5.91 Å². The molecule has 0 heterocycles. The average Bonchev–Trinajstić information content (AvgIpc) is 2.51. The maximum atomic E-state index is 11.7. The van der Waals surface area contributed by atoms with E-state index >= 15 is 0 Å². The van der Waals surface area contributed by atoms with Crippen LogP contribution in [0, 0.1) is 0 Å². The quantitative estimate of drug-likeness (QED) is 0.809. The summed E-state index contributed by atoms with van der Waals surface area (Å²) in [6.45, 7) is 3.46. The van der Waals surface area contributed by atoms with Crippen molar-refractivity contribution in [2.45, 2.75) is 19.3 Å². The minimum atomic E-state index is -0.593. The van der Waals surface area contributed by atoms with Gasteiger partial charge in [0.2, 0.25) is 0 Å². The van der Waals surface area contributed by atoms with Crippen LogP contribution in [0.4, 0.5) is 4.79 Å². The zero-order chi connectivity index (χ0) is 15.9. The predicted molar refractivity (Wildman–Crippen MR) is 80.9 cm³/mol. The number of ether oxygens (including phenoxy) is 1. The molecule has 0 aromatic heterocycles. The van der Waals surface area contributed by atoms with Crippen LogP contribution in [0.3, 0.4) is 0 Å². The Kier molecular flexibility index (Phi) is 5.30. The smallest absolute Gasteiger partial charge is 0.321 e. The molecule has 0 saturated carbocycles. The number of Topliss-reactive ketones (excluding diaryl/α,β-unsaturated/α-hetero) is 1. The fraction of sp³-hybridized carbons (Fsp3) is 0.312. The van der Waals surface area contributed by atoms with Gasteiger partial charge in [0.05, 0.1) is 0 Å². The second-order valence-electron chi connectivity index (χ2n) is 4.93. The normalized spacial score (nSPS) is 13.0. The van der Waals surface area contributed by atoms with Crippen LogP contribution in [-0.4, -0.2) is 30.9 Å². The molecule has 1 aromatic rings. The molecule has 0 unspecified atom stereocenters. The van der Waals surface area contributed by atoms with Gasteiger partial charge in [-0.2, -0.15) is 0 Å². The van der Waals surface area contributed by atoms with Crippen molar-refractivity contribution in [1.29, 1.82) is 0 Å². The van der Waals surface area contributed by atoms with Crippen molar-refractivity contribution in [3.05, 3.63) is 42.0 Å². The van der Waals surface area contributed by atoms with E-state index in [0.717, 1.165) is 24.0 Å². The van der Waals surface area contributed by atoms with Crippen molar-refractivity contribution >= 4 is 17.7 Å². The maximum absolute atomic E-state index is 11.7. The molecule has 2 N–H and O–H groups in total. The third kappa shape index (κ3) is 4.18. The van der Waals surface area contributed by atoms with Crippen molar-refractivity contribution in [3.8, 4) is 5.75 Å². The molecule has 0 atom stereocenters. The molecule has 0 spiro atoms. The molecule has 0 saturated heterocycles. The van der Waals surface area contributed by atoms with Crippen LogP contribution in [0.2, 0.25) is 0 Å². The Labute approximate surface area is 128 Å². The van der Waals surface area contributed by atoms with Crippen LogP contribution in [-0.2, 0) is 11.2 Å². The van der Waals surface area contributed by atoms with Crippen LogP contribution >= 0.6 is 0 Å². The molecule has 0 radical (unpaired) electrons. The summed E-state index contributed by atoms with van der Waals surface area (Å²) in [6.07, 6.45) is 3.75. The zero-order valence-corrected chi connectivity index (χ0v) is 12.2. The van der Waals surface area contributed by atoms with Gasteiger partial charge in [-0.1, -0.05) is 6.08 Å². The zero-order valence-electron chi connectivity index (χ0n) is 12.2. The molecule has 1 aliphatic rings. The molecule has 22 heavy (non-hydrogen) atoms. The van der Waals surface area contributed by atoms with Crippen LogP contribution in [0.1, 0.15) is 28.8 Å². The highest BCUT2D eigenvalue weighted by molar-refractivity contribution is 5.98. The number of rotatable bonds is 5. The molecule has 3 amide bonds. The summed E-state index contributed by atoms with van der Waals surface area (Å²) < 4.78 is 5.35. The molecule has 116 valence electrons. The van der Waals surface area contributed by atoms with E-state index in [1.807, 2.05) is 0 Å². The van der Waals surface area contributed by atoms with E-state index in [-0.39, 0.29) is 18.9 Å². The number of hydrogen-bond donors (Lipinski definition) is 2. The number of carbonyl (C=O) groups excluding carboxylic acids is 3. The first-order valence-electron chi connectivity index (χ1n) is 7.07. The Balaban J connectivity index is 1.86. The first-order valence-corrected chi connectivity index (χ1v) is 7.07. The molecule has 1 aliphatic carbocycles. The van der Waals surface area contributed by atoms with Crippen LogP contribution in [0.25, 0.3) is 0 Å². The summed E-state index contributed by atoms with van der Waals surface area (Å²) in [4.78, 5) is 34.5. The molecule has 0 aliphatic heterocycles. The number of hydrogen-bond acceptors (Lipinski definition) is 4. The van der Waals surface area contributed by atoms with E-state index in [1.54, 1.807) is 18.2 Å². The lowest BCUT2D eigenvalue weighted by Crippen LogP contribution is -2.41. The Morgan fingerprint density at radius 2 is 2.14 bits per heavy atom. The summed E-state index contributed by atoms with van der Waals surface area (Å²) in [5, 5.41) is 4.56. The fourth-order valence-electron chi connectivity index (χ4n) is 2.23. The van der Waals surface area contributed by atoms with Gasteiger partial charge in [-0.25, -0.2) is 4.79 Å². The monoisotopic (exact) mass is 302 g/mol. The minimum Gasteiger partial charge on any atom is -0.484 e.